The Hall–Kier alpha value is -2.44. The lowest BCUT2D eigenvalue weighted by atomic mass is 9.74. The molecule has 152 valence electrons. The Labute approximate surface area is 178 Å². The second-order valence-corrected chi connectivity index (χ2v) is 8.27. The molecule has 0 radical (unpaired) electrons. The number of carbonyl (C=O) groups is 3. The largest absolute Gasteiger partial charge is 0.452 e. The van der Waals surface area contributed by atoms with E-state index in [1.165, 1.54) is 22.3 Å². The van der Waals surface area contributed by atoms with Crippen LogP contribution in [0.2, 0.25) is 5.02 Å². The Bertz CT molecular complexity index is 925. The zero-order valence-electron chi connectivity index (χ0n) is 16.1. The molecule has 1 amide bonds. The van der Waals surface area contributed by atoms with Gasteiger partial charge in [-0.3, -0.25) is 9.59 Å². The average molecular weight is 432 g/mol. The number of nitrogens with zero attached hydrogens (tertiary/aromatic N) is 1. The summed E-state index contributed by atoms with van der Waals surface area (Å²) in [5.41, 5.74) is -0.515. The monoisotopic (exact) mass is 431 g/mol. The first-order chi connectivity index (χ1) is 13.9. The summed E-state index contributed by atoms with van der Waals surface area (Å²) in [5, 5.41) is 2.34. The van der Waals surface area contributed by atoms with Crippen molar-refractivity contribution < 1.29 is 19.1 Å². The van der Waals surface area contributed by atoms with Crippen LogP contribution in [0.25, 0.3) is 6.08 Å². The van der Waals surface area contributed by atoms with Crippen LogP contribution in [0, 0.1) is 0 Å². The number of likely N-dealkylation sites (N-methyl/N-ethyl adjacent to an activating group) is 1. The van der Waals surface area contributed by atoms with Gasteiger partial charge in [0.25, 0.3) is 5.91 Å². The van der Waals surface area contributed by atoms with Crippen molar-refractivity contribution in [2.45, 2.75) is 31.2 Å². The number of halogens is 1. The van der Waals surface area contributed by atoms with Gasteiger partial charge < -0.3 is 9.64 Å². The molecule has 1 unspecified atom stereocenters. The van der Waals surface area contributed by atoms with Gasteiger partial charge in [-0.05, 0) is 42.9 Å². The van der Waals surface area contributed by atoms with E-state index in [1.807, 2.05) is 17.5 Å². The van der Waals surface area contributed by atoms with Crippen LogP contribution >= 0.6 is 22.9 Å². The standard InChI is InChI=1S/C22H22ClNO4S/c1-24(20(26)15-28-21(27)12-11-16-7-6-14-29-16)22(13-5-4-10-19(22)25)17-8-2-3-9-18(17)23/h2-3,6-9,11-12,14H,4-5,10,13,15H2,1H3/b12-11+. The smallest absolute Gasteiger partial charge is 0.331 e. The Morgan fingerprint density at radius 3 is 2.72 bits per heavy atom. The van der Waals surface area contributed by atoms with Crippen molar-refractivity contribution in [3.8, 4) is 0 Å². The van der Waals surface area contributed by atoms with Crippen molar-refractivity contribution in [2.24, 2.45) is 0 Å². The summed E-state index contributed by atoms with van der Waals surface area (Å²) in [5.74, 6) is -1.10. The molecule has 2 aromatic rings. The highest BCUT2D eigenvalue weighted by Gasteiger charge is 2.47. The van der Waals surface area contributed by atoms with Gasteiger partial charge in [-0.15, -0.1) is 11.3 Å². The van der Waals surface area contributed by atoms with E-state index < -0.39 is 24.0 Å². The number of ether oxygens (including phenoxy) is 1. The Balaban J connectivity index is 1.75. The summed E-state index contributed by atoms with van der Waals surface area (Å²) < 4.78 is 5.10. The summed E-state index contributed by atoms with van der Waals surface area (Å²) in [6.45, 7) is -0.441. The third-order valence-electron chi connectivity index (χ3n) is 5.18. The summed E-state index contributed by atoms with van der Waals surface area (Å²) >= 11 is 7.89. The van der Waals surface area contributed by atoms with Gasteiger partial charge in [-0.1, -0.05) is 35.9 Å². The van der Waals surface area contributed by atoms with Crippen LogP contribution in [-0.2, 0) is 24.7 Å². The predicted octanol–water partition coefficient (Wildman–Crippen LogP) is 4.45. The van der Waals surface area contributed by atoms with Gasteiger partial charge in [0.1, 0.15) is 5.54 Å². The Morgan fingerprint density at radius 1 is 1.24 bits per heavy atom. The quantitative estimate of drug-likeness (QED) is 0.500. The average Bonchev–Trinajstić information content (AvgIpc) is 3.25. The topological polar surface area (TPSA) is 63.7 Å². The number of ketones is 1. The van der Waals surface area contributed by atoms with Gasteiger partial charge in [0, 0.05) is 35.0 Å². The zero-order chi connectivity index (χ0) is 20.9. The number of hydrogen-bond donors (Lipinski definition) is 0. The highest BCUT2D eigenvalue weighted by Crippen LogP contribution is 2.42. The molecule has 0 spiro atoms. The number of hydrogen-bond acceptors (Lipinski definition) is 5. The highest BCUT2D eigenvalue weighted by atomic mass is 35.5. The Kier molecular flexibility index (Phi) is 6.87. The van der Waals surface area contributed by atoms with E-state index in [4.69, 9.17) is 16.3 Å². The van der Waals surface area contributed by atoms with Crippen molar-refractivity contribution in [3.05, 3.63) is 63.3 Å². The molecule has 1 saturated carbocycles. The van der Waals surface area contributed by atoms with E-state index in [1.54, 1.807) is 37.4 Å². The molecule has 0 aliphatic heterocycles. The molecule has 1 aromatic carbocycles. The zero-order valence-corrected chi connectivity index (χ0v) is 17.7. The van der Waals surface area contributed by atoms with E-state index in [9.17, 15) is 14.4 Å². The van der Waals surface area contributed by atoms with E-state index >= 15 is 0 Å². The number of benzene rings is 1. The molecule has 29 heavy (non-hydrogen) atoms. The summed E-state index contributed by atoms with van der Waals surface area (Å²) in [6, 6.07) is 10.8. The van der Waals surface area contributed by atoms with Crippen molar-refractivity contribution in [3.63, 3.8) is 0 Å². The van der Waals surface area contributed by atoms with Gasteiger partial charge in [0.05, 0.1) is 0 Å². The van der Waals surface area contributed by atoms with Gasteiger partial charge in [-0.2, -0.15) is 0 Å². The van der Waals surface area contributed by atoms with Crippen LogP contribution in [0.15, 0.2) is 47.9 Å². The van der Waals surface area contributed by atoms with Crippen molar-refractivity contribution >= 4 is 46.7 Å². The first kappa shape index (κ1) is 21.3. The van der Waals surface area contributed by atoms with Crippen LogP contribution in [0.5, 0.6) is 0 Å². The molecule has 1 heterocycles. The predicted molar refractivity (Wildman–Crippen MR) is 114 cm³/mol. The Morgan fingerprint density at radius 2 is 2.03 bits per heavy atom. The minimum atomic E-state index is -1.13. The van der Waals surface area contributed by atoms with Crippen LogP contribution in [-0.4, -0.2) is 36.2 Å². The van der Waals surface area contributed by atoms with Crippen molar-refractivity contribution in [1.82, 2.24) is 4.90 Å². The fourth-order valence-electron chi connectivity index (χ4n) is 3.66. The maximum absolute atomic E-state index is 13.0. The molecule has 0 N–H and O–H groups in total. The lowest BCUT2D eigenvalue weighted by molar-refractivity contribution is -0.155. The lowest BCUT2D eigenvalue weighted by Crippen LogP contribution is -2.55. The van der Waals surface area contributed by atoms with Crippen LogP contribution in [0.3, 0.4) is 0 Å². The molecule has 1 aromatic heterocycles. The number of amides is 1. The minimum Gasteiger partial charge on any atom is -0.452 e. The van der Waals surface area contributed by atoms with Crippen LogP contribution in [0.1, 0.15) is 36.1 Å². The molecular formula is C22H22ClNO4S. The fraction of sp³-hybridized carbons (Fsp3) is 0.318. The van der Waals surface area contributed by atoms with E-state index in [2.05, 4.69) is 0 Å². The van der Waals surface area contributed by atoms with Crippen molar-refractivity contribution in [2.75, 3.05) is 13.7 Å². The molecule has 1 aliphatic rings. The second kappa shape index (κ2) is 9.37. The van der Waals surface area contributed by atoms with Gasteiger partial charge in [0.15, 0.2) is 12.4 Å². The van der Waals surface area contributed by atoms with E-state index in [-0.39, 0.29) is 5.78 Å². The normalized spacial score (nSPS) is 19.3. The number of Topliss-reactive ketones (excluding diaryl/α,β-unsaturated/α-hetero) is 1. The third kappa shape index (κ3) is 4.60. The highest BCUT2D eigenvalue weighted by molar-refractivity contribution is 7.10. The molecule has 1 fully saturated rings. The van der Waals surface area contributed by atoms with E-state index in [0.717, 1.165) is 17.7 Å². The van der Waals surface area contributed by atoms with Crippen molar-refractivity contribution in [1.29, 1.82) is 0 Å². The second-order valence-electron chi connectivity index (χ2n) is 6.88. The molecule has 1 aliphatic carbocycles. The number of thiophene rings is 1. The fourth-order valence-corrected chi connectivity index (χ4v) is 4.57. The molecule has 0 saturated heterocycles. The molecular weight excluding hydrogens is 410 g/mol. The lowest BCUT2D eigenvalue weighted by Gasteiger charge is -2.43. The van der Waals surface area contributed by atoms with Gasteiger partial charge >= 0.3 is 5.97 Å². The van der Waals surface area contributed by atoms with Crippen LogP contribution < -0.4 is 0 Å². The SMILES string of the molecule is CN(C(=O)COC(=O)/C=C/c1cccs1)C1(c2ccccc2Cl)CCCCC1=O. The molecule has 0 bridgehead atoms. The summed E-state index contributed by atoms with van der Waals surface area (Å²) in [4.78, 5) is 40.1. The molecule has 1 atom stereocenters. The first-order valence-corrected chi connectivity index (χ1v) is 10.6. The van der Waals surface area contributed by atoms with Crippen LogP contribution in [0.4, 0.5) is 0 Å². The first-order valence-electron chi connectivity index (χ1n) is 9.38. The summed E-state index contributed by atoms with van der Waals surface area (Å²) in [7, 11) is 1.57. The van der Waals surface area contributed by atoms with Gasteiger partial charge in [-0.25, -0.2) is 4.79 Å². The maximum Gasteiger partial charge on any atom is 0.331 e. The number of rotatable bonds is 6. The van der Waals surface area contributed by atoms with Gasteiger partial charge in [0.2, 0.25) is 0 Å². The number of carbonyl (C=O) groups excluding carboxylic acids is 3. The molecule has 3 rings (SSSR count). The molecule has 5 nitrogen and oxygen atoms in total. The van der Waals surface area contributed by atoms with E-state index in [0.29, 0.717) is 23.4 Å². The molecule has 7 heteroatoms. The maximum atomic E-state index is 13.0. The minimum absolute atomic E-state index is 0.0448. The number of esters is 1. The third-order valence-corrected chi connectivity index (χ3v) is 6.35. The summed E-state index contributed by atoms with van der Waals surface area (Å²) in [6.07, 6.45) is 5.38.